The molecule has 2 unspecified atom stereocenters. The summed E-state index contributed by atoms with van der Waals surface area (Å²) < 4.78 is 1.84. The Morgan fingerprint density at radius 2 is 2.37 bits per heavy atom. The number of aromatic nitrogens is 2. The quantitative estimate of drug-likeness (QED) is 0.881. The van der Waals surface area contributed by atoms with Crippen molar-refractivity contribution in [3.63, 3.8) is 0 Å². The molecule has 3 rings (SSSR count). The molecule has 5 nitrogen and oxygen atoms in total. The second-order valence-electron chi connectivity index (χ2n) is 5.13. The zero-order valence-electron chi connectivity index (χ0n) is 10.9. The van der Waals surface area contributed by atoms with Gasteiger partial charge >= 0.3 is 0 Å². The van der Waals surface area contributed by atoms with Crippen LogP contribution in [-0.2, 0) is 0 Å². The summed E-state index contributed by atoms with van der Waals surface area (Å²) in [5, 5.41) is 9.58. The maximum Gasteiger partial charge on any atom is 0.274 e. The summed E-state index contributed by atoms with van der Waals surface area (Å²) in [6.07, 6.45) is 4.13. The first-order chi connectivity index (χ1) is 9.15. The van der Waals surface area contributed by atoms with E-state index in [1.54, 1.807) is 18.0 Å². The summed E-state index contributed by atoms with van der Waals surface area (Å²) in [5.41, 5.74) is 1.24. The Morgan fingerprint density at radius 3 is 3.05 bits per heavy atom. The van der Waals surface area contributed by atoms with E-state index in [1.807, 2.05) is 28.8 Å². The molecule has 1 amide bonds. The van der Waals surface area contributed by atoms with Gasteiger partial charge in [0.25, 0.3) is 5.91 Å². The van der Waals surface area contributed by atoms with Gasteiger partial charge in [0.15, 0.2) is 0 Å². The number of hydrogen-bond acceptors (Lipinski definition) is 3. The minimum atomic E-state index is -0.362. The van der Waals surface area contributed by atoms with Crippen LogP contribution >= 0.6 is 0 Å². The molecule has 0 radical (unpaired) electrons. The lowest BCUT2D eigenvalue weighted by atomic mass is 10.0. The van der Waals surface area contributed by atoms with Crippen molar-refractivity contribution in [2.24, 2.45) is 5.92 Å². The number of amides is 1. The van der Waals surface area contributed by atoms with E-state index in [0.29, 0.717) is 18.8 Å². The second-order valence-corrected chi connectivity index (χ2v) is 5.13. The number of carbonyl (C=O) groups is 1. The topological polar surface area (TPSA) is 57.8 Å². The summed E-state index contributed by atoms with van der Waals surface area (Å²) in [7, 11) is 0. The van der Waals surface area contributed by atoms with Crippen LogP contribution in [0.2, 0.25) is 0 Å². The van der Waals surface area contributed by atoms with Gasteiger partial charge in [-0.15, -0.1) is 0 Å². The van der Waals surface area contributed by atoms with Gasteiger partial charge in [0.2, 0.25) is 0 Å². The standard InChI is InChI=1S/C14H17N3O2/c1-10(18)11-5-7-17(8-11)14(19)12-9-16-6-3-2-4-13(16)15-12/h2-4,6,9-11,18H,5,7-8H2,1H3. The molecule has 0 aliphatic carbocycles. The minimum Gasteiger partial charge on any atom is -0.393 e. The number of hydrogen-bond donors (Lipinski definition) is 1. The number of aliphatic hydroxyl groups excluding tert-OH is 1. The van der Waals surface area contributed by atoms with Crippen molar-refractivity contribution in [1.82, 2.24) is 14.3 Å². The first kappa shape index (κ1) is 12.2. The number of aliphatic hydroxyl groups is 1. The number of pyridine rings is 1. The van der Waals surface area contributed by atoms with Crippen molar-refractivity contribution < 1.29 is 9.90 Å². The third-order valence-electron chi connectivity index (χ3n) is 3.78. The van der Waals surface area contributed by atoms with Crippen LogP contribution in [0.1, 0.15) is 23.8 Å². The molecule has 5 heteroatoms. The van der Waals surface area contributed by atoms with E-state index in [1.165, 1.54) is 0 Å². The van der Waals surface area contributed by atoms with Gasteiger partial charge in [0.05, 0.1) is 6.10 Å². The Bertz CT molecular complexity index is 573. The molecule has 2 aromatic rings. The normalized spacial score (nSPS) is 20.9. The molecule has 3 heterocycles. The average Bonchev–Trinajstić information content (AvgIpc) is 3.04. The summed E-state index contributed by atoms with van der Waals surface area (Å²) in [6, 6.07) is 5.68. The molecular weight excluding hydrogens is 242 g/mol. The highest BCUT2D eigenvalue weighted by atomic mass is 16.3. The van der Waals surface area contributed by atoms with Gasteiger partial charge in [0.1, 0.15) is 11.3 Å². The van der Waals surface area contributed by atoms with Crippen molar-refractivity contribution in [2.75, 3.05) is 13.1 Å². The Kier molecular flexibility index (Phi) is 2.98. The number of nitrogens with zero attached hydrogens (tertiary/aromatic N) is 3. The van der Waals surface area contributed by atoms with Crippen LogP contribution < -0.4 is 0 Å². The van der Waals surface area contributed by atoms with E-state index in [-0.39, 0.29) is 17.9 Å². The highest BCUT2D eigenvalue weighted by Crippen LogP contribution is 2.21. The summed E-state index contributed by atoms with van der Waals surface area (Å²) in [5.74, 6) is 0.132. The Labute approximate surface area is 111 Å². The molecule has 0 spiro atoms. The van der Waals surface area contributed by atoms with Gasteiger partial charge in [-0.3, -0.25) is 4.79 Å². The fourth-order valence-corrected chi connectivity index (χ4v) is 2.57. The molecule has 1 N–H and O–H groups in total. The van der Waals surface area contributed by atoms with E-state index in [4.69, 9.17) is 0 Å². The van der Waals surface area contributed by atoms with Crippen molar-refractivity contribution >= 4 is 11.6 Å². The maximum absolute atomic E-state index is 12.4. The number of likely N-dealkylation sites (tertiary alicyclic amines) is 1. The lowest BCUT2D eigenvalue weighted by Crippen LogP contribution is -2.30. The molecule has 0 aromatic carbocycles. The van der Waals surface area contributed by atoms with Gasteiger partial charge in [-0.25, -0.2) is 4.98 Å². The lowest BCUT2D eigenvalue weighted by Gasteiger charge is -2.16. The molecule has 0 saturated carbocycles. The van der Waals surface area contributed by atoms with Crippen LogP contribution in [-0.4, -0.2) is 44.5 Å². The predicted octanol–water partition coefficient (Wildman–Crippen LogP) is 1.18. The fourth-order valence-electron chi connectivity index (χ4n) is 2.57. The van der Waals surface area contributed by atoms with Crippen molar-refractivity contribution in [1.29, 1.82) is 0 Å². The van der Waals surface area contributed by atoms with Crippen LogP contribution in [0, 0.1) is 5.92 Å². The van der Waals surface area contributed by atoms with Crippen molar-refractivity contribution in [2.45, 2.75) is 19.4 Å². The second kappa shape index (κ2) is 4.66. The minimum absolute atomic E-state index is 0.0492. The number of fused-ring (bicyclic) bond motifs is 1. The summed E-state index contributed by atoms with van der Waals surface area (Å²) in [6.45, 7) is 3.09. The highest BCUT2D eigenvalue weighted by molar-refractivity contribution is 5.93. The Morgan fingerprint density at radius 1 is 1.53 bits per heavy atom. The van der Waals surface area contributed by atoms with Crippen LogP contribution in [0.3, 0.4) is 0 Å². The SMILES string of the molecule is CC(O)C1CCN(C(=O)c2cn3ccccc3n2)C1. The molecule has 1 fully saturated rings. The largest absolute Gasteiger partial charge is 0.393 e. The van der Waals surface area contributed by atoms with Gasteiger partial charge in [0, 0.05) is 31.4 Å². The van der Waals surface area contributed by atoms with Gasteiger partial charge in [-0.2, -0.15) is 0 Å². The monoisotopic (exact) mass is 259 g/mol. The zero-order valence-corrected chi connectivity index (χ0v) is 10.9. The van der Waals surface area contributed by atoms with Crippen LogP contribution in [0.4, 0.5) is 0 Å². The highest BCUT2D eigenvalue weighted by Gasteiger charge is 2.30. The molecule has 2 aromatic heterocycles. The third-order valence-corrected chi connectivity index (χ3v) is 3.78. The maximum atomic E-state index is 12.4. The van der Waals surface area contributed by atoms with E-state index in [9.17, 15) is 9.90 Å². The van der Waals surface area contributed by atoms with Gasteiger partial charge < -0.3 is 14.4 Å². The van der Waals surface area contributed by atoms with Gasteiger partial charge in [-0.1, -0.05) is 6.07 Å². The number of imidazole rings is 1. The van der Waals surface area contributed by atoms with E-state index in [0.717, 1.165) is 12.1 Å². The molecule has 1 aliphatic heterocycles. The molecule has 2 atom stereocenters. The van der Waals surface area contributed by atoms with Crippen LogP contribution in [0.5, 0.6) is 0 Å². The summed E-state index contributed by atoms with van der Waals surface area (Å²) >= 11 is 0. The molecule has 100 valence electrons. The van der Waals surface area contributed by atoms with Crippen molar-refractivity contribution in [3.8, 4) is 0 Å². The first-order valence-corrected chi connectivity index (χ1v) is 6.56. The Hall–Kier alpha value is -1.88. The van der Waals surface area contributed by atoms with Gasteiger partial charge in [-0.05, 0) is 25.5 Å². The molecule has 1 saturated heterocycles. The van der Waals surface area contributed by atoms with Crippen molar-refractivity contribution in [3.05, 3.63) is 36.3 Å². The summed E-state index contributed by atoms with van der Waals surface area (Å²) in [4.78, 5) is 18.5. The number of carbonyl (C=O) groups excluding carboxylic acids is 1. The molecular formula is C14H17N3O2. The first-order valence-electron chi connectivity index (χ1n) is 6.56. The fraction of sp³-hybridized carbons (Fsp3) is 0.429. The zero-order chi connectivity index (χ0) is 13.4. The van der Waals surface area contributed by atoms with E-state index in [2.05, 4.69) is 4.98 Å². The molecule has 19 heavy (non-hydrogen) atoms. The molecule has 1 aliphatic rings. The number of rotatable bonds is 2. The van der Waals surface area contributed by atoms with Crippen LogP contribution in [0.15, 0.2) is 30.6 Å². The lowest BCUT2D eigenvalue weighted by molar-refractivity contribution is 0.0757. The smallest absolute Gasteiger partial charge is 0.274 e. The van der Waals surface area contributed by atoms with Crippen LogP contribution in [0.25, 0.3) is 5.65 Å². The molecule has 0 bridgehead atoms. The predicted molar refractivity (Wildman–Crippen MR) is 70.9 cm³/mol. The van der Waals surface area contributed by atoms with E-state index < -0.39 is 0 Å². The average molecular weight is 259 g/mol. The van der Waals surface area contributed by atoms with E-state index >= 15 is 0 Å². The Balaban J connectivity index is 1.80. The third kappa shape index (κ3) is 2.21.